The Kier molecular flexibility index (Phi) is 4.22. The van der Waals surface area contributed by atoms with Crippen molar-refractivity contribution in [3.8, 4) is 0 Å². The minimum absolute atomic E-state index is 0.294. The minimum atomic E-state index is -0.294. The number of benzene rings is 1. The topological polar surface area (TPSA) is 43.7 Å². The average Bonchev–Trinajstić information content (AvgIpc) is 2.95. The van der Waals surface area contributed by atoms with Gasteiger partial charge in [-0.1, -0.05) is 6.07 Å². The summed E-state index contributed by atoms with van der Waals surface area (Å²) >= 11 is 0. The van der Waals surface area contributed by atoms with Gasteiger partial charge in [0.15, 0.2) is 0 Å². The number of morpholine rings is 1. The molecule has 5 nitrogen and oxygen atoms in total. The van der Waals surface area contributed by atoms with Crippen LogP contribution >= 0.6 is 0 Å². The molecule has 1 saturated heterocycles. The molecule has 0 saturated carbocycles. The number of rotatable bonds is 4. The smallest absolute Gasteiger partial charge is 0.337 e. The molecule has 1 aromatic heterocycles. The highest BCUT2D eigenvalue weighted by molar-refractivity contribution is 5.94. The van der Waals surface area contributed by atoms with E-state index in [1.54, 1.807) is 6.07 Å². The lowest BCUT2D eigenvalue weighted by Gasteiger charge is -2.26. The first-order valence-electron chi connectivity index (χ1n) is 7.25. The summed E-state index contributed by atoms with van der Waals surface area (Å²) in [4.78, 5) is 14.0. The van der Waals surface area contributed by atoms with Crippen LogP contribution in [0, 0.1) is 0 Å². The monoisotopic (exact) mass is 288 g/mol. The summed E-state index contributed by atoms with van der Waals surface area (Å²) in [5, 5.41) is 1.14. The van der Waals surface area contributed by atoms with Crippen LogP contribution in [0.1, 0.15) is 10.4 Å². The van der Waals surface area contributed by atoms with Crippen molar-refractivity contribution < 1.29 is 14.3 Å². The zero-order valence-electron chi connectivity index (χ0n) is 12.2. The Bertz CT molecular complexity index is 629. The molecule has 0 radical (unpaired) electrons. The fourth-order valence-corrected chi connectivity index (χ4v) is 2.70. The van der Waals surface area contributed by atoms with E-state index in [1.807, 2.05) is 12.1 Å². The molecule has 21 heavy (non-hydrogen) atoms. The molecule has 112 valence electrons. The van der Waals surface area contributed by atoms with Crippen molar-refractivity contribution in [2.24, 2.45) is 0 Å². The lowest BCUT2D eigenvalue weighted by atomic mass is 10.1. The van der Waals surface area contributed by atoms with Crippen LogP contribution in [-0.4, -0.2) is 55.4 Å². The van der Waals surface area contributed by atoms with Gasteiger partial charge in [0, 0.05) is 37.9 Å². The summed E-state index contributed by atoms with van der Waals surface area (Å²) in [6.07, 6.45) is 2.08. The minimum Gasteiger partial charge on any atom is -0.465 e. The highest BCUT2D eigenvalue weighted by Gasteiger charge is 2.12. The number of nitrogens with zero attached hydrogens (tertiary/aromatic N) is 2. The van der Waals surface area contributed by atoms with Crippen molar-refractivity contribution >= 4 is 16.9 Å². The van der Waals surface area contributed by atoms with Crippen LogP contribution in [0.2, 0.25) is 0 Å². The first-order valence-corrected chi connectivity index (χ1v) is 7.25. The number of methoxy groups -OCH3 is 1. The van der Waals surface area contributed by atoms with E-state index in [1.165, 1.54) is 7.11 Å². The first kappa shape index (κ1) is 14.1. The largest absolute Gasteiger partial charge is 0.465 e. The lowest BCUT2D eigenvalue weighted by Crippen LogP contribution is -2.38. The van der Waals surface area contributed by atoms with Gasteiger partial charge in [-0.2, -0.15) is 0 Å². The van der Waals surface area contributed by atoms with Gasteiger partial charge in [-0.25, -0.2) is 4.79 Å². The molecule has 0 amide bonds. The molecule has 3 rings (SSSR count). The number of fused-ring (bicyclic) bond motifs is 1. The Hall–Kier alpha value is -1.85. The van der Waals surface area contributed by atoms with Gasteiger partial charge in [-0.15, -0.1) is 0 Å². The van der Waals surface area contributed by atoms with E-state index >= 15 is 0 Å². The summed E-state index contributed by atoms with van der Waals surface area (Å²) in [5.74, 6) is -0.294. The van der Waals surface area contributed by atoms with Gasteiger partial charge in [0.1, 0.15) is 0 Å². The van der Waals surface area contributed by atoms with Crippen molar-refractivity contribution in [1.82, 2.24) is 9.47 Å². The molecule has 0 aliphatic carbocycles. The number of carbonyl (C=O) groups excluding carboxylic acids is 1. The van der Waals surface area contributed by atoms with Crippen molar-refractivity contribution in [1.29, 1.82) is 0 Å². The third-order valence-corrected chi connectivity index (χ3v) is 3.96. The van der Waals surface area contributed by atoms with E-state index < -0.39 is 0 Å². The Morgan fingerprint density at radius 1 is 1.24 bits per heavy atom. The molecule has 1 aliphatic heterocycles. The van der Waals surface area contributed by atoms with E-state index in [4.69, 9.17) is 9.47 Å². The second-order valence-corrected chi connectivity index (χ2v) is 5.23. The maximum Gasteiger partial charge on any atom is 0.337 e. The highest BCUT2D eigenvalue weighted by atomic mass is 16.5. The SMILES string of the molecule is COC(=O)c1ccc2ccn(CCN3CCOCC3)c2c1. The Morgan fingerprint density at radius 3 is 2.81 bits per heavy atom. The van der Waals surface area contributed by atoms with Crippen LogP contribution in [-0.2, 0) is 16.0 Å². The van der Waals surface area contributed by atoms with Gasteiger partial charge in [-0.05, 0) is 23.6 Å². The highest BCUT2D eigenvalue weighted by Crippen LogP contribution is 2.18. The zero-order valence-corrected chi connectivity index (χ0v) is 12.2. The van der Waals surface area contributed by atoms with Gasteiger partial charge in [-0.3, -0.25) is 4.90 Å². The Morgan fingerprint density at radius 2 is 2.05 bits per heavy atom. The van der Waals surface area contributed by atoms with E-state index in [0.717, 1.165) is 50.3 Å². The van der Waals surface area contributed by atoms with Crippen LogP contribution in [0.5, 0.6) is 0 Å². The van der Waals surface area contributed by atoms with Crippen LogP contribution in [0.25, 0.3) is 10.9 Å². The lowest BCUT2D eigenvalue weighted by molar-refractivity contribution is 0.0365. The van der Waals surface area contributed by atoms with Gasteiger partial charge >= 0.3 is 5.97 Å². The van der Waals surface area contributed by atoms with Gasteiger partial charge in [0.05, 0.1) is 25.9 Å². The summed E-state index contributed by atoms with van der Waals surface area (Å²) in [6.45, 7) is 5.53. The quantitative estimate of drug-likeness (QED) is 0.804. The van der Waals surface area contributed by atoms with E-state index in [-0.39, 0.29) is 5.97 Å². The number of aromatic nitrogens is 1. The third-order valence-electron chi connectivity index (χ3n) is 3.96. The van der Waals surface area contributed by atoms with Crippen LogP contribution in [0.4, 0.5) is 0 Å². The third kappa shape index (κ3) is 3.09. The maximum absolute atomic E-state index is 11.6. The number of hydrogen-bond donors (Lipinski definition) is 0. The molecule has 1 aromatic carbocycles. The zero-order chi connectivity index (χ0) is 14.7. The number of ether oxygens (including phenoxy) is 2. The first-order chi connectivity index (χ1) is 10.3. The molecule has 0 atom stereocenters. The van der Waals surface area contributed by atoms with Gasteiger partial charge in [0.25, 0.3) is 0 Å². The van der Waals surface area contributed by atoms with Crippen molar-refractivity contribution in [3.63, 3.8) is 0 Å². The summed E-state index contributed by atoms with van der Waals surface area (Å²) < 4.78 is 12.3. The fourth-order valence-electron chi connectivity index (χ4n) is 2.70. The molecule has 1 aliphatic rings. The molecule has 0 unspecified atom stereocenters. The van der Waals surface area contributed by atoms with Gasteiger partial charge in [0.2, 0.25) is 0 Å². The predicted molar refractivity (Wildman–Crippen MR) is 80.5 cm³/mol. The molecule has 1 fully saturated rings. The van der Waals surface area contributed by atoms with Crippen LogP contribution < -0.4 is 0 Å². The average molecular weight is 288 g/mol. The van der Waals surface area contributed by atoms with Crippen LogP contribution in [0.15, 0.2) is 30.5 Å². The van der Waals surface area contributed by atoms with Gasteiger partial charge < -0.3 is 14.0 Å². The maximum atomic E-state index is 11.6. The molecular weight excluding hydrogens is 268 g/mol. The second-order valence-electron chi connectivity index (χ2n) is 5.23. The van der Waals surface area contributed by atoms with E-state index in [0.29, 0.717) is 5.56 Å². The number of carbonyl (C=O) groups is 1. The van der Waals surface area contributed by atoms with Crippen LogP contribution in [0.3, 0.4) is 0 Å². The molecule has 0 N–H and O–H groups in total. The number of hydrogen-bond acceptors (Lipinski definition) is 4. The number of esters is 1. The summed E-state index contributed by atoms with van der Waals surface area (Å²) in [7, 11) is 1.41. The molecule has 2 heterocycles. The standard InChI is InChI=1S/C16H20N2O3/c1-20-16(19)14-3-2-13-4-5-18(15(13)12-14)7-6-17-8-10-21-11-9-17/h2-5,12H,6-11H2,1H3. The van der Waals surface area contributed by atoms with Crippen molar-refractivity contribution in [3.05, 3.63) is 36.0 Å². The molecule has 5 heteroatoms. The van der Waals surface area contributed by atoms with E-state index in [2.05, 4.69) is 21.7 Å². The second kappa shape index (κ2) is 6.28. The Labute approximate surface area is 124 Å². The summed E-state index contributed by atoms with van der Waals surface area (Å²) in [6, 6.07) is 7.75. The molecule has 2 aromatic rings. The van der Waals surface area contributed by atoms with Crippen molar-refractivity contribution in [2.75, 3.05) is 40.0 Å². The Balaban J connectivity index is 1.76. The molecule has 0 spiro atoms. The summed E-state index contributed by atoms with van der Waals surface area (Å²) in [5.41, 5.74) is 1.67. The predicted octanol–water partition coefficient (Wildman–Crippen LogP) is 1.76. The van der Waals surface area contributed by atoms with Crippen molar-refractivity contribution in [2.45, 2.75) is 6.54 Å². The molecular formula is C16H20N2O3. The normalized spacial score (nSPS) is 16.2. The fraction of sp³-hybridized carbons (Fsp3) is 0.438. The van der Waals surface area contributed by atoms with E-state index in [9.17, 15) is 4.79 Å². The molecule has 0 bridgehead atoms.